The van der Waals surface area contributed by atoms with E-state index >= 15 is 0 Å². The molecular formula is C24H41NO. The molecule has 1 saturated heterocycles. The van der Waals surface area contributed by atoms with Gasteiger partial charge < -0.3 is 10.0 Å². The van der Waals surface area contributed by atoms with Crippen molar-refractivity contribution in [3.8, 4) is 0 Å². The summed E-state index contributed by atoms with van der Waals surface area (Å²) in [4.78, 5) is 2.86. The zero-order valence-corrected chi connectivity index (χ0v) is 17.3. The van der Waals surface area contributed by atoms with Crippen LogP contribution in [0.2, 0.25) is 0 Å². The predicted molar refractivity (Wildman–Crippen MR) is 107 cm³/mol. The summed E-state index contributed by atoms with van der Waals surface area (Å²) in [5.74, 6) is 3.65. The van der Waals surface area contributed by atoms with Gasteiger partial charge >= 0.3 is 0 Å². The van der Waals surface area contributed by atoms with Gasteiger partial charge in [0.05, 0.1) is 6.10 Å². The Labute approximate surface area is 161 Å². The van der Waals surface area contributed by atoms with Crippen LogP contribution in [-0.4, -0.2) is 35.2 Å². The molecule has 5 rings (SSSR count). The van der Waals surface area contributed by atoms with Crippen molar-refractivity contribution in [2.75, 3.05) is 13.1 Å². The van der Waals surface area contributed by atoms with Crippen LogP contribution in [0, 0.1) is 34.5 Å². The maximum absolute atomic E-state index is 10.6. The SMILES string of the molecule is C[C@]12CC[C@@H](N3CCCCC3)C[C@@H]1CC[C@@H]1[C@@H]2CC[C@]2(C)[C@@H](O)CC[C@@H]12. The second kappa shape index (κ2) is 6.48. The Morgan fingerprint density at radius 2 is 1.50 bits per heavy atom. The molecule has 0 aromatic rings. The van der Waals surface area contributed by atoms with Crippen LogP contribution >= 0.6 is 0 Å². The predicted octanol–water partition coefficient (Wildman–Crippen LogP) is 5.24. The molecule has 4 aliphatic carbocycles. The molecule has 5 aliphatic rings. The van der Waals surface area contributed by atoms with E-state index in [2.05, 4.69) is 18.7 Å². The molecule has 2 heteroatoms. The van der Waals surface area contributed by atoms with Crippen LogP contribution in [0.1, 0.15) is 90.9 Å². The molecule has 0 bridgehead atoms. The molecule has 0 spiro atoms. The summed E-state index contributed by atoms with van der Waals surface area (Å²) in [5, 5.41) is 10.6. The Balaban J connectivity index is 1.33. The van der Waals surface area contributed by atoms with E-state index in [0.717, 1.165) is 36.1 Å². The Morgan fingerprint density at radius 1 is 0.769 bits per heavy atom. The smallest absolute Gasteiger partial charge is 0.0596 e. The first kappa shape index (κ1) is 18.0. The number of hydrogen-bond acceptors (Lipinski definition) is 2. The lowest BCUT2D eigenvalue weighted by atomic mass is 9.45. The van der Waals surface area contributed by atoms with Crippen molar-refractivity contribution < 1.29 is 5.11 Å². The van der Waals surface area contributed by atoms with Gasteiger partial charge in [-0.3, -0.25) is 0 Å². The maximum atomic E-state index is 10.6. The summed E-state index contributed by atoms with van der Waals surface area (Å²) < 4.78 is 0. The first-order chi connectivity index (χ1) is 12.5. The molecule has 0 amide bonds. The average molecular weight is 360 g/mol. The molecular weight excluding hydrogens is 318 g/mol. The largest absolute Gasteiger partial charge is 0.393 e. The molecule has 5 fully saturated rings. The summed E-state index contributed by atoms with van der Waals surface area (Å²) in [7, 11) is 0. The quantitative estimate of drug-likeness (QED) is 0.691. The van der Waals surface area contributed by atoms with Crippen molar-refractivity contribution in [1.29, 1.82) is 0 Å². The lowest BCUT2D eigenvalue weighted by Crippen LogP contribution is -2.56. The molecule has 0 aromatic carbocycles. The first-order valence-corrected chi connectivity index (χ1v) is 11.9. The lowest BCUT2D eigenvalue weighted by molar-refractivity contribution is -0.129. The lowest BCUT2D eigenvalue weighted by Gasteiger charge is -2.61. The Kier molecular flexibility index (Phi) is 4.48. The summed E-state index contributed by atoms with van der Waals surface area (Å²) >= 11 is 0. The fourth-order valence-electron chi connectivity index (χ4n) is 8.82. The molecule has 8 atom stereocenters. The van der Waals surface area contributed by atoms with Crippen molar-refractivity contribution in [3.05, 3.63) is 0 Å². The van der Waals surface area contributed by atoms with Crippen LogP contribution in [0.5, 0.6) is 0 Å². The number of fused-ring (bicyclic) bond motifs is 5. The topological polar surface area (TPSA) is 23.5 Å². The molecule has 0 radical (unpaired) electrons. The highest BCUT2D eigenvalue weighted by Crippen LogP contribution is 2.66. The molecule has 4 saturated carbocycles. The van der Waals surface area contributed by atoms with Gasteiger partial charge in [0.2, 0.25) is 0 Å². The number of rotatable bonds is 1. The summed E-state index contributed by atoms with van der Waals surface area (Å²) in [6.07, 6.45) is 16.7. The van der Waals surface area contributed by atoms with Crippen molar-refractivity contribution >= 4 is 0 Å². The Morgan fingerprint density at radius 3 is 2.31 bits per heavy atom. The van der Waals surface area contributed by atoms with Crippen molar-refractivity contribution in [1.82, 2.24) is 4.90 Å². The van der Waals surface area contributed by atoms with Gasteiger partial charge in [0.15, 0.2) is 0 Å². The van der Waals surface area contributed by atoms with Crippen LogP contribution in [0.3, 0.4) is 0 Å². The highest BCUT2D eigenvalue weighted by molar-refractivity contribution is 5.09. The molecule has 1 heterocycles. The highest BCUT2D eigenvalue weighted by atomic mass is 16.3. The van der Waals surface area contributed by atoms with Crippen molar-refractivity contribution in [2.45, 2.75) is 103 Å². The van der Waals surface area contributed by atoms with Crippen LogP contribution in [-0.2, 0) is 0 Å². The second-order valence-corrected chi connectivity index (χ2v) is 11.3. The summed E-state index contributed by atoms with van der Waals surface area (Å²) in [6.45, 7) is 7.86. The highest BCUT2D eigenvalue weighted by Gasteiger charge is 2.60. The zero-order valence-electron chi connectivity index (χ0n) is 17.3. The fraction of sp³-hybridized carbons (Fsp3) is 1.00. The van der Waals surface area contributed by atoms with E-state index in [9.17, 15) is 5.11 Å². The van der Waals surface area contributed by atoms with E-state index in [1.54, 1.807) is 0 Å². The van der Waals surface area contributed by atoms with E-state index in [1.165, 1.54) is 83.7 Å². The third-order valence-corrected chi connectivity index (χ3v) is 10.5. The van der Waals surface area contributed by atoms with E-state index in [-0.39, 0.29) is 11.5 Å². The number of aliphatic hydroxyl groups excluding tert-OH is 1. The van der Waals surface area contributed by atoms with Gasteiger partial charge in [0.25, 0.3) is 0 Å². The minimum absolute atomic E-state index is 0.0196. The van der Waals surface area contributed by atoms with Gasteiger partial charge in [-0.25, -0.2) is 0 Å². The molecule has 1 N–H and O–H groups in total. The molecule has 0 unspecified atom stereocenters. The fourth-order valence-corrected chi connectivity index (χ4v) is 8.82. The summed E-state index contributed by atoms with van der Waals surface area (Å²) in [6, 6.07) is 0.895. The number of piperidine rings is 1. The minimum atomic E-state index is -0.0196. The number of hydrogen-bond donors (Lipinski definition) is 1. The molecule has 1 aliphatic heterocycles. The van der Waals surface area contributed by atoms with Crippen LogP contribution in [0.25, 0.3) is 0 Å². The normalized spacial score (nSPS) is 55.0. The van der Waals surface area contributed by atoms with Gasteiger partial charge in [-0.1, -0.05) is 20.3 Å². The van der Waals surface area contributed by atoms with E-state index in [1.807, 2.05) is 0 Å². The van der Waals surface area contributed by atoms with E-state index < -0.39 is 0 Å². The minimum Gasteiger partial charge on any atom is -0.393 e. The molecule has 0 aromatic heterocycles. The number of aliphatic hydroxyl groups is 1. The third kappa shape index (κ3) is 2.57. The van der Waals surface area contributed by atoms with Gasteiger partial charge in [0, 0.05) is 6.04 Å². The van der Waals surface area contributed by atoms with E-state index in [0.29, 0.717) is 5.41 Å². The van der Waals surface area contributed by atoms with Gasteiger partial charge in [-0.15, -0.1) is 0 Å². The standard InChI is InChI=1S/C24H41NO/c1-23-12-10-18(25-14-4-3-5-15-25)16-17(23)6-7-19-20-8-9-22(26)24(20,2)13-11-21(19)23/h17-22,26H,3-16H2,1-2H3/t17-,18+,19-,20-,21-,22-,23-,24-/m0/s1. The zero-order chi connectivity index (χ0) is 17.9. The van der Waals surface area contributed by atoms with Gasteiger partial charge in [-0.05, 0) is 118 Å². The maximum Gasteiger partial charge on any atom is 0.0596 e. The summed E-state index contributed by atoms with van der Waals surface area (Å²) in [5.41, 5.74) is 0.847. The molecule has 26 heavy (non-hydrogen) atoms. The second-order valence-electron chi connectivity index (χ2n) is 11.3. The van der Waals surface area contributed by atoms with Crippen molar-refractivity contribution in [2.24, 2.45) is 34.5 Å². The van der Waals surface area contributed by atoms with Crippen molar-refractivity contribution in [3.63, 3.8) is 0 Å². The van der Waals surface area contributed by atoms with Crippen LogP contribution in [0.15, 0.2) is 0 Å². The number of likely N-dealkylation sites (tertiary alicyclic amines) is 1. The van der Waals surface area contributed by atoms with Crippen LogP contribution in [0.4, 0.5) is 0 Å². The van der Waals surface area contributed by atoms with Gasteiger partial charge in [-0.2, -0.15) is 0 Å². The Hall–Kier alpha value is -0.0800. The van der Waals surface area contributed by atoms with Gasteiger partial charge in [0.1, 0.15) is 0 Å². The first-order valence-electron chi connectivity index (χ1n) is 11.9. The monoisotopic (exact) mass is 359 g/mol. The Bertz CT molecular complexity index is 528. The number of nitrogens with zero attached hydrogens (tertiary/aromatic N) is 1. The third-order valence-electron chi connectivity index (χ3n) is 10.5. The van der Waals surface area contributed by atoms with E-state index in [4.69, 9.17) is 0 Å². The molecule has 2 nitrogen and oxygen atoms in total. The average Bonchev–Trinajstić information content (AvgIpc) is 2.97. The molecule has 148 valence electrons. The van der Waals surface area contributed by atoms with Crippen LogP contribution < -0.4 is 0 Å².